The molecule has 3 aromatic rings. The number of nitrogens with zero attached hydrogens (tertiary/aromatic N) is 2. The van der Waals surface area contributed by atoms with Crippen LogP contribution in [0.15, 0.2) is 42.6 Å². The first-order valence-electron chi connectivity index (χ1n) is 7.81. The molecule has 0 bridgehead atoms. The molecule has 0 spiro atoms. The minimum Gasteiger partial charge on any atom is -0.454 e. The van der Waals surface area contributed by atoms with Gasteiger partial charge in [0.25, 0.3) is 0 Å². The third-order valence-electron chi connectivity index (χ3n) is 4.07. The smallest absolute Gasteiger partial charge is 0.231 e. The maximum atomic E-state index is 12.2. The number of fused-ring (bicyclic) bond motifs is 2. The molecule has 24 heavy (non-hydrogen) atoms. The first-order valence-corrected chi connectivity index (χ1v) is 7.81. The lowest BCUT2D eigenvalue weighted by atomic mass is 10.2. The van der Waals surface area contributed by atoms with Crippen LogP contribution in [-0.2, 0) is 11.3 Å². The van der Waals surface area contributed by atoms with Gasteiger partial charge in [0.05, 0.1) is 18.3 Å². The summed E-state index contributed by atoms with van der Waals surface area (Å²) in [6, 6.07) is 11.5. The van der Waals surface area contributed by atoms with Crippen molar-refractivity contribution >= 4 is 22.5 Å². The zero-order valence-electron chi connectivity index (χ0n) is 13.3. The van der Waals surface area contributed by atoms with Crippen molar-refractivity contribution in [3.8, 4) is 11.5 Å². The average molecular weight is 323 g/mol. The highest BCUT2D eigenvalue weighted by Crippen LogP contribution is 2.34. The van der Waals surface area contributed by atoms with Crippen LogP contribution < -0.4 is 14.8 Å². The fraction of sp³-hybridized carbons (Fsp3) is 0.222. The molecule has 0 radical (unpaired) electrons. The topological polar surface area (TPSA) is 65.4 Å². The highest BCUT2D eigenvalue weighted by atomic mass is 16.7. The van der Waals surface area contributed by atoms with Gasteiger partial charge in [-0.15, -0.1) is 0 Å². The Balaban J connectivity index is 1.43. The van der Waals surface area contributed by atoms with Crippen LogP contribution in [0.1, 0.15) is 12.0 Å². The van der Waals surface area contributed by atoms with Gasteiger partial charge in [-0.3, -0.25) is 9.48 Å². The van der Waals surface area contributed by atoms with E-state index in [0.717, 1.165) is 16.5 Å². The summed E-state index contributed by atoms with van der Waals surface area (Å²) in [5.41, 5.74) is 2.93. The van der Waals surface area contributed by atoms with E-state index in [9.17, 15) is 4.79 Å². The summed E-state index contributed by atoms with van der Waals surface area (Å²) in [6.45, 7) is 2.80. The normalized spacial score (nSPS) is 12.5. The van der Waals surface area contributed by atoms with Gasteiger partial charge in [0.15, 0.2) is 11.5 Å². The number of hydrogen-bond donors (Lipinski definition) is 1. The molecule has 0 saturated heterocycles. The first-order chi connectivity index (χ1) is 11.7. The van der Waals surface area contributed by atoms with Crippen molar-refractivity contribution in [2.75, 3.05) is 12.1 Å². The molecule has 0 aliphatic carbocycles. The first kappa shape index (κ1) is 14.6. The second kappa shape index (κ2) is 5.88. The average Bonchev–Trinajstić information content (AvgIpc) is 3.19. The SMILES string of the molecule is Cc1cccc2cnn(CCC(=O)Nc3ccc4c(c3)OCO4)c12. The highest BCUT2D eigenvalue weighted by Gasteiger charge is 2.14. The number of hydrogen-bond acceptors (Lipinski definition) is 4. The van der Waals surface area contributed by atoms with Crippen molar-refractivity contribution in [1.82, 2.24) is 9.78 Å². The summed E-state index contributed by atoms with van der Waals surface area (Å²) >= 11 is 0. The van der Waals surface area contributed by atoms with Crippen molar-refractivity contribution in [2.45, 2.75) is 19.9 Å². The number of ether oxygens (including phenoxy) is 2. The fourth-order valence-electron chi connectivity index (χ4n) is 2.90. The molecule has 0 unspecified atom stereocenters. The Kier molecular flexibility index (Phi) is 3.57. The number of carbonyl (C=O) groups is 1. The third-order valence-corrected chi connectivity index (χ3v) is 4.07. The fourth-order valence-corrected chi connectivity index (χ4v) is 2.90. The number of nitrogens with one attached hydrogen (secondary N) is 1. The Bertz CT molecular complexity index is 917. The van der Waals surface area contributed by atoms with E-state index in [2.05, 4.69) is 10.4 Å². The van der Waals surface area contributed by atoms with Gasteiger partial charge in [-0.1, -0.05) is 18.2 Å². The number of aromatic nitrogens is 2. The predicted molar refractivity (Wildman–Crippen MR) is 90.3 cm³/mol. The molecule has 1 aliphatic rings. The van der Waals surface area contributed by atoms with E-state index in [1.807, 2.05) is 36.0 Å². The zero-order valence-corrected chi connectivity index (χ0v) is 13.3. The minimum atomic E-state index is -0.0638. The number of benzene rings is 2. The summed E-state index contributed by atoms with van der Waals surface area (Å²) in [7, 11) is 0. The molecule has 6 heteroatoms. The molecule has 0 atom stereocenters. The Hall–Kier alpha value is -3.02. The molecule has 1 N–H and O–H groups in total. The van der Waals surface area contributed by atoms with Crippen LogP contribution in [0, 0.1) is 6.92 Å². The van der Waals surface area contributed by atoms with Gasteiger partial charge in [0.1, 0.15) is 0 Å². The summed E-state index contributed by atoms with van der Waals surface area (Å²) < 4.78 is 12.5. The van der Waals surface area contributed by atoms with E-state index in [0.29, 0.717) is 30.2 Å². The Morgan fingerprint density at radius 3 is 3.04 bits per heavy atom. The van der Waals surface area contributed by atoms with E-state index in [4.69, 9.17) is 9.47 Å². The van der Waals surface area contributed by atoms with Crippen molar-refractivity contribution in [3.63, 3.8) is 0 Å². The van der Waals surface area contributed by atoms with Crippen LogP contribution in [0.3, 0.4) is 0 Å². The van der Waals surface area contributed by atoms with Crippen LogP contribution >= 0.6 is 0 Å². The monoisotopic (exact) mass is 323 g/mol. The molecule has 1 aliphatic heterocycles. The van der Waals surface area contributed by atoms with Crippen LogP contribution in [0.5, 0.6) is 11.5 Å². The van der Waals surface area contributed by atoms with Gasteiger partial charge in [0, 0.05) is 23.6 Å². The molecule has 6 nitrogen and oxygen atoms in total. The predicted octanol–water partition coefficient (Wildman–Crippen LogP) is 3.10. The summed E-state index contributed by atoms with van der Waals surface area (Å²) in [5, 5.41) is 8.35. The lowest BCUT2D eigenvalue weighted by molar-refractivity contribution is -0.116. The molecule has 122 valence electrons. The van der Waals surface area contributed by atoms with Crippen molar-refractivity contribution in [1.29, 1.82) is 0 Å². The van der Waals surface area contributed by atoms with E-state index in [1.165, 1.54) is 0 Å². The van der Waals surface area contributed by atoms with Gasteiger partial charge in [-0.25, -0.2) is 0 Å². The molecule has 2 aromatic carbocycles. The van der Waals surface area contributed by atoms with Crippen molar-refractivity contribution in [2.24, 2.45) is 0 Å². The van der Waals surface area contributed by atoms with Gasteiger partial charge < -0.3 is 14.8 Å². The summed E-state index contributed by atoms with van der Waals surface area (Å²) in [5.74, 6) is 1.29. The van der Waals surface area contributed by atoms with Gasteiger partial charge in [-0.2, -0.15) is 5.10 Å². The van der Waals surface area contributed by atoms with Gasteiger partial charge in [-0.05, 0) is 24.6 Å². The minimum absolute atomic E-state index is 0.0638. The summed E-state index contributed by atoms with van der Waals surface area (Å²) in [6.07, 6.45) is 2.18. The van der Waals surface area contributed by atoms with E-state index in [-0.39, 0.29) is 12.7 Å². The molecule has 1 aromatic heterocycles. The van der Waals surface area contributed by atoms with Crippen LogP contribution in [0.4, 0.5) is 5.69 Å². The quantitative estimate of drug-likeness (QED) is 0.801. The van der Waals surface area contributed by atoms with Crippen molar-refractivity contribution in [3.05, 3.63) is 48.2 Å². The number of para-hydroxylation sites is 1. The number of aryl methyl sites for hydroxylation is 2. The molecule has 0 fully saturated rings. The number of anilines is 1. The van der Waals surface area contributed by atoms with Gasteiger partial charge >= 0.3 is 0 Å². The molecule has 4 rings (SSSR count). The van der Waals surface area contributed by atoms with E-state index < -0.39 is 0 Å². The second-order valence-corrected chi connectivity index (χ2v) is 5.75. The number of rotatable bonds is 4. The van der Waals surface area contributed by atoms with Crippen LogP contribution in [0.25, 0.3) is 10.9 Å². The zero-order chi connectivity index (χ0) is 16.5. The molecular weight excluding hydrogens is 306 g/mol. The molecule has 2 heterocycles. The summed E-state index contributed by atoms with van der Waals surface area (Å²) in [4.78, 5) is 12.2. The second-order valence-electron chi connectivity index (χ2n) is 5.75. The molecular formula is C18H17N3O3. The standard InChI is InChI=1S/C18H17N3O3/c1-12-3-2-4-13-10-19-21(18(12)13)8-7-17(22)20-14-5-6-15-16(9-14)24-11-23-15/h2-6,9-10H,7-8,11H2,1H3,(H,20,22). The van der Waals surface area contributed by atoms with Crippen LogP contribution in [-0.4, -0.2) is 22.5 Å². The maximum Gasteiger partial charge on any atom is 0.231 e. The van der Waals surface area contributed by atoms with E-state index in [1.54, 1.807) is 18.2 Å². The van der Waals surface area contributed by atoms with Crippen LogP contribution in [0.2, 0.25) is 0 Å². The highest BCUT2D eigenvalue weighted by molar-refractivity contribution is 5.91. The molecule has 1 amide bonds. The van der Waals surface area contributed by atoms with Crippen molar-refractivity contribution < 1.29 is 14.3 Å². The Morgan fingerprint density at radius 2 is 2.12 bits per heavy atom. The number of carbonyl (C=O) groups excluding carboxylic acids is 1. The molecule has 0 saturated carbocycles. The Morgan fingerprint density at radius 1 is 1.25 bits per heavy atom. The maximum absolute atomic E-state index is 12.2. The van der Waals surface area contributed by atoms with Gasteiger partial charge in [0.2, 0.25) is 12.7 Å². The largest absolute Gasteiger partial charge is 0.454 e. The third kappa shape index (κ3) is 2.67. The van der Waals surface area contributed by atoms with E-state index >= 15 is 0 Å². The number of amides is 1. The lowest BCUT2D eigenvalue weighted by Gasteiger charge is -2.08. The Labute approximate surface area is 139 Å². The lowest BCUT2D eigenvalue weighted by Crippen LogP contribution is -2.15.